The van der Waals surface area contributed by atoms with Crippen LogP contribution < -0.4 is 5.32 Å². The molecule has 1 unspecified atom stereocenters. The minimum absolute atomic E-state index is 0.0537. The van der Waals surface area contributed by atoms with Gasteiger partial charge in [0.2, 0.25) is 5.91 Å². The Balaban J connectivity index is 2.64. The second kappa shape index (κ2) is 5.76. The number of carbonyl (C=O) groups excluding carboxylic acids is 1. The number of aliphatic carboxylic acids is 1. The number of nitro benzene ring substituents is 1. The highest BCUT2D eigenvalue weighted by atomic mass is 16.6. The first-order valence-electron chi connectivity index (χ1n) is 5.15. The summed E-state index contributed by atoms with van der Waals surface area (Å²) in [4.78, 5) is 31.9. The van der Waals surface area contributed by atoms with Crippen LogP contribution in [-0.4, -0.2) is 21.9 Å². The molecule has 18 heavy (non-hydrogen) atoms. The Morgan fingerprint density at radius 1 is 1.50 bits per heavy atom. The van der Waals surface area contributed by atoms with Crippen LogP contribution in [0.3, 0.4) is 0 Å². The van der Waals surface area contributed by atoms with E-state index in [0.29, 0.717) is 5.56 Å². The van der Waals surface area contributed by atoms with Crippen LogP contribution in [-0.2, 0) is 16.1 Å². The molecule has 0 aromatic heterocycles. The van der Waals surface area contributed by atoms with Gasteiger partial charge in [-0.3, -0.25) is 19.7 Å². The van der Waals surface area contributed by atoms with Crippen LogP contribution in [0.2, 0.25) is 0 Å². The summed E-state index contributed by atoms with van der Waals surface area (Å²) in [6, 6.07) is 5.77. The van der Waals surface area contributed by atoms with Crippen molar-refractivity contribution in [2.75, 3.05) is 0 Å². The highest BCUT2D eigenvalue weighted by Crippen LogP contribution is 2.12. The Labute approximate surface area is 103 Å². The van der Waals surface area contributed by atoms with Crippen LogP contribution in [0, 0.1) is 16.0 Å². The zero-order valence-corrected chi connectivity index (χ0v) is 9.62. The van der Waals surface area contributed by atoms with Crippen molar-refractivity contribution in [2.45, 2.75) is 13.5 Å². The lowest BCUT2D eigenvalue weighted by Crippen LogP contribution is -2.33. The number of non-ortho nitro benzene ring substituents is 1. The summed E-state index contributed by atoms with van der Waals surface area (Å²) in [5.41, 5.74) is 0.461. The van der Waals surface area contributed by atoms with Gasteiger partial charge < -0.3 is 10.4 Å². The first-order valence-corrected chi connectivity index (χ1v) is 5.15. The summed E-state index contributed by atoms with van der Waals surface area (Å²) < 4.78 is 0. The fraction of sp³-hybridized carbons (Fsp3) is 0.273. The number of amides is 1. The second-order valence-electron chi connectivity index (χ2n) is 3.70. The third kappa shape index (κ3) is 3.55. The Morgan fingerprint density at radius 2 is 2.17 bits per heavy atom. The number of nitro groups is 1. The molecule has 7 nitrogen and oxygen atoms in total. The highest BCUT2D eigenvalue weighted by Gasteiger charge is 2.19. The van der Waals surface area contributed by atoms with E-state index >= 15 is 0 Å². The predicted molar refractivity (Wildman–Crippen MR) is 61.7 cm³/mol. The zero-order valence-electron chi connectivity index (χ0n) is 9.62. The molecule has 0 bridgehead atoms. The molecule has 0 radical (unpaired) electrons. The van der Waals surface area contributed by atoms with Crippen molar-refractivity contribution >= 4 is 17.6 Å². The summed E-state index contributed by atoms with van der Waals surface area (Å²) in [5, 5.41) is 21.5. The molecular weight excluding hydrogens is 240 g/mol. The maximum atomic E-state index is 11.4. The molecule has 96 valence electrons. The summed E-state index contributed by atoms with van der Waals surface area (Å²) >= 11 is 0. The number of carboxylic acids is 1. The van der Waals surface area contributed by atoms with Crippen molar-refractivity contribution in [2.24, 2.45) is 5.92 Å². The summed E-state index contributed by atoms with van der Waals surface area (Å²) in [6.07, 6.45) is 0. The molecule has 1 rings (SSSR count). The van der Waals surface area contributed by atoms with Gasteiger partial charge in [0.15, 0.2) is 0 Å². The van der Waals surface area contributed by atoms with Gasteiger partial charge in [-0.1, -0.05) is 12.1 Å². The van der Waals surface area contributed by atoms with E-state index in [-0.39, 0.29) is 12.2 Å². The Bertz CT molecular complexity index is 486. The standard InChI is InChI=1S/C11H12N2O5/c1-7(11(15)16)10(14)12-6-8-3-2-4-9(5-8)13(17)18/h2-5,7H,6H2,1H3,(H,12,14)(H,15,16). The first kappa shape index (κ1) is 13.6. The fourth-order valence-electron chi connectivity index (χ4n) is 1.23. The molecule has 0 spiro atoms. The molecule has 1 amide bonds. The molecule has 0 aliphatic rings. The third-order valence-electron chi connectivity index (χ3n) is 2.35. The number of carbonyl (C=O) groups is 2. The molecule has 0 saturated heterocycles. The number of rotatable bonds is 5. The Hall–Kier alpha value is -2.44. The smallest absolute Gasteiger partial charge is 0.315 e. The lowest BCUT2D eigenvalue weighted by Gasteiger charge is -2.08. The first-order chi connectivity index (χ1) is 8.41. The maximum Gasteiger partial charge on any atom is 0.315 e. The highest BCUT2D eigenvalue weighted by molar-refractivity contribution is 5.96. The van der Waals surface area contributed by atoms with Crippen LogP contribution in [0.25, 0.3) is 0 Å². The van der Waals surface area contributed by atoms with Crippen molar-refractivity contribution < 1.29 is 19.6 Å². The van der Waals surface area contributed by atoms with E-state index in [2.05, 4.69) is 5.32 Å². The van der Waals surface area contributed by atoms with E-state index in [0.717, 1.165) is 0 Å². The lowest BCUT2D eigenvalue weighted by molar-refractivity contribution is -0.384. The molecule has 0 aliphatic heterocycles. The lowest BCUT2D eigenvalue weighted by atomic mass is 10.1. The quantitative estimate of drug-likeness (QED) is 0.460. The molecule has 1 aromatic carbocycles. The molecule has 0 saturated carbocycles. The maximum absolute atomic E-state index is 11.4. The number of hydrogen-bond donors (Lipinski definition) is 2. The fourth-order valence-corrected chi connectivity index (χ4v) is 1.23. The average Bonchev–Trinajstić information content (AvgIpc) is 2.35. The predicted octanol–water partition coefficient (Wildman–Crippen LogP) is 0.932. The largest absolute Gasteiger partial charge is 0.481 e. The minimum Gasteiger partial charge on any atom is -0.481 e. The summed E-state index contributed by atoms with van der Waals surface area (Å²) in [5.74, 6) is -3.00. The number of nitrogens with zero attached hydrogens (tertiary/aromatic N) is 1. The number of benzene rings is 1. The van der Waals surface area contributed by atoms with Gasteiger partial charge in [0.1, 0.15) is 5.92 Å². The summed E-state index contributed by atoms with van der Waals surface area (Å²) in [6.45, 7) is 1.32. The second-order valence-corrected chi connectivity index (χ2v) is 3.70. The van der Waals surface area contributed by atoms with E-state index in [1.807, 2.05) is 0 Å². The number of hydrogen-bond acceptors (Lipinski definition) is 4. The molecular formula is C11H12N2O5. The number of carboxylic acid groups (broad SMARTS) is 1. The zero-order chi connectivity index (χ0) is 13.7. The van der Waals surface area contributed by atoms with Crippen molar-refractivity contribution in [3.63, 3.8) is 0 Å². The topological polar surface area (TPSA) is 110 Å². The third-order valence-corrected chi connectivity index (χ3v) is 2.35. The molecule has 1 aromatic rings. The minimum atomic E-state index is -1.22. The molecule has 7 heteroatoms. The van der Waals surface area contributed by atoms with Crippen LogP contribution in [0.5, 0.6) is 0 Å². The van der Waals surface area contributed by atoms with Gasteiger partial charge >= 0.3 is 5.97 Å². The average molecular weight is 252 g/mol. The van der Waals surface area contributed by atoms with Gasteiger partial charge in [-0.25, -0.2) is 0 Å². The summed E-state index contributed by atoms with van der Waals surface area (Å²) in [7, 11) is 0. The normalized spacial score (nSPS) is 11.6. The van der Waals surface area contributed by atoms with E-state index in [4.69, 9.17) is 5.11 Å². The van der Waals surface area contributed by atoms with Gasteiger partial charge in [-0.05, 0) is 12.5 Å². The molecule has 2 N–H and O–H groups in total. The van der Waals surface area contributed by atoms with Crippen molar-refractivity contribution in [3.05, 3.63) is 39.9 Å². The molecule has 0 fully saturated rings. The van der Waals surface area contributed by atoms with Gasteiger partial charge in [0.05, 0.1) is 4.92 Å². The molecule has 0 heterocycles. The van der Waals surface area contributed by atoms with Gasteiger partial charge in [-0.15, -0.1) is 0 Å². The van der Waals surface area contributed by atoms with Crippen molar-refractivity contribution in [1.82, 2.24) is 5.32 Å². The molecule has 1 atom stereocenters. The van der Waals surface area contributed by atoms with Gasteiger partial charge in [0.25, 0.3) is 5.69 Å². The number of nitrogens with one attached hydrogen (secondary N) is 1. The molecule has 0 aliphatic carbocycles. The monoisotopic (exact) mass is 252 g/mol. The van der Waals surface area contributed by atoms with E-state index in [1.54, 1.807) is 6.07 Å². The SMILES string of the molecule is CC(C(=O)O)C(=O)NCc1cccc([N+](=O)[O-])c1. The van der Waals surface area contributed by atoms with Gasteiger partial charge in [0, 0.05) is 18.7 Å². The van der Waals surface area contributed by atoms with Crippen LogP contribution >= 0.6 is 0 Å². The Kier molecular flexibility index (Phi) is 4.36. The Morgan fingerprint density at radius 3 is 2.72 bits per heavy atom. The van der Waals surface area contributed by atoms with Crippen LogP contribution in [0.4, 0.5) is 5.69 Å². The van der Waals surface area contributed by atoms with E-state index in [9.17, 15) is 19.7 Å². The van der Waals surface area contributed by atoms with Crippen molar-refractivity contribution in [3.8, 4) is 0 Å². The van der Waals surface area contributed by atoms with Crippen LogP contribution in [0.1, 0.15) is 12.5 Å². The van der Waals surface area contributed by atoms with Crippen LogP contribution in [0.15, 0.2) is 24.3 Å². The van der Waals surface area contributed by atoms with E-state index in [1.165, 1.54) is 25.1 Å². The van der Waals surface area contributed by atoms with Gasteiger partial charge in [-0.2, -0.15) is 0 Å². The van der Waals surface area contributed by atoms with E-state index < -0.39 is 22.7 Å². The van der Waals surface area contributed by atoms with Crippen molar-refractivity contribution in [1.29, 1.82) is 0 Å².